The van der Waals surface area contributed by atoms with Crippen molar-refractivity contribution in [2.75, 3.05) is 13.6 Å². The van der Waals surface area contributed by atoms with Crippen LogP contribution < -0.4 is 11.1 Å². The van der Waals surface area contributed by atoms with E-state index in [9.17, 15) is 4.79 Å². The van der Waals surface area contributed by atoms with Gasteiger partial charge in [0.25, 0.3) is 0 Å². The molecule has 1 amide bonds. The summed E-state index contributed by atoms with van der Waals surface area (Å²) in [5.74, 6) is 0.353. The minimum atomic E-state index is -0.218. The fourth-order valence-corrected chi connectivity index (χ4v) is 1.37. The number of nitrogens with one attached hydrogen (secondary N) is 1. The van der Waals surface area contributed by atoms with Crippen LogP contribution in [0.3, 0.4) is 0 Å². The fourth-order valence-electron chi connectivity index (χ4n) is 1.37. The Morgan fingerprint density at radius 3 is 2.41 bits per heavy atom. The molecule has 0 unspecified atom stereocenters. The topological polar surface area (TPSA) is 70.7 Å². The third-order valence-corrected chi connectivity index (χ3v) is 2.36. The number of guanidine groups is 1. The van der Waals surface area contributed by atoms with E-state index in [-0.39, 0.29) is 42.0 Å². The molecule has 0 bridgehead atoms. The number of hydrogen-bond acceptors (Lipinski definition) is 2. The quantitative estimate of drug-likeness (QED) is 0.450. The monoisotopic (exact) mass is 354 g/mol. The van der Waals surface area contributed by atoms with Gasteiger partial charge in [0, 0.05) is 18.6 Å². The molecule has 100 valence electrons. The van der Waals surface area contributed by atoms with E-state index in [2.05, 4.69) is 10.3 Å². The van der Waals surface area contributed by atoms with Crippen molar-refractivity contribution >= 4 is 35.8 Å². The predicted molar refractivity (Wildman–Crippen MR) is 80.6 cm³/mol. The minimum absolute atomic E-state index is 0. The Morgan fingerprint density at radius 2 is 2.00 bits per heavy atom. The zero-order chi connectivity index (χ0) is 12.3. The van der Waals surface area contributed by atoms with Crippen LogP contribution >= 0.6 is 24.0 Å². The summed E-state index contributed by atoms with van der Waals surface area (Å²) >= 11 is 0. The molecule has 1 aliphatic carbocycles. The molecule has 0 aliphatic heterocycles. The van der Waals surface area contributed by atoms with Crippen molar-refractivity contribution in [2.24, 2.45) is 10.7 Å². The number of hydrogen-bond donors (Lipinski definition) is 2. The first-order chi connectivity index (χ1) is 7.29. The summed E-state index contributed by atoms with van der Waals surface area (Å²) in [6.45, 7) is 5.91. The summed E-state index contributed by atoms with van der Waals surface area (Å²) in [5.41, 5.74) is 5.55. The van der Waals surface area contributed by atoms with Crippen molar-refractivity contribution in [1.29, 1.82) is 0 Å². The molecular weight excluding hydrogens is 331 g/mol. The molecule has 0 aromatic heterocycles. The molecule has 6 heteroatoms. The van der Waals surface area contributed by atoms with E-state index < -0.39 is 0 Å². The van der Waals surface area contributed by atoms with Crippen LogP contribution in [-0.4, -0.2) is 41.9 Å². The molecule has 0 aromatic carbocycles. The number of aliphatic imine (C=N–C) groups is 1. The van der Waals surface area contributed by atoms with Gasteiger partial charge in [-0.15, -0.1) is 24.0 Å². The molecule has 1 aliphatic rings. The minimum Gasteiger partial charge on any atom is -0.370 e. The van der Waals surface area contributed by atoms with Crippen LogP contribution in [0.1, 0.15) is 33.6 Å². The van der Waals surface area contributed by atoms with Crippen LogP contribution in [0.5, 0.6) is 0 Å². The number of nitrogens with two attached hydrogens (primary N) is 1. The van der Waals surface area contributed by atoms with Gasteiger partial charge in [0.05, 0.1) is 0 Å². The lowest BCUT2D eigenvalue weighted by Crippen LogP contribution is -2.43. The van der Waals surface area contributed by atoms with Gasteiger partial charge in [-0.2, -0.15) is 0 Å². The van der Waals surface area contributed by atoms with E-state index >= 15 is 0 Å². The zero-order valence-electron chi connectivity index (χ0n) is 11.0. The van der Waals surface area contributed by atoms with E-state index in [0.717, 1.165) is 0 Å². The number of amides is 1. The molecule has 0 spiro atoms. The number of nitrogens with zero attached hydrogens (tertiary/aromatic N) is 2. The van der Waals surface area contributed by atoms with Crippen LogP contribution in [0, 0.1) is 0 Å². The Morgan fingerprint density at radius 1 is 1.47 bits per heavy atom. The van der Waals surface area contributed by atoms with Crippen LogP contribution in [0.25, 0.3) is 0 Å². The SMILES string of the molecule is CN(C(N)=NCC(=O)NC(C)(C)C)C1CC1.I. The van der Waals surface area contributed by atoms with Crippen molar-refractivity contribution in [3.05, 3.63) is 0 Å². The van der Waals surface area contributed by atoms with Gasteiger partial charge in [-0.05, 0) is 33.6 Å². The Kier molecular flexibility index (Phi) is 6.22. The Balaban J connectivity index is 0.00000256. The summed E-state index contributed by atoms with van der Waals surface area (Å²) in [5, 5.41) is 2.84. The zero-order valence-corrected chi connectivity index (χ0v) is 13.3. The number of rotatable bonds is 3. The first kappa shape index (κ1) is 16.5. The molecule has 3 N–H and O–H groups in total. The molecule has 1 rings (SSSR count). The lowest BCUT2D eigenvalue weighted by molar-refractivity contribution is -0.121. The highest BCUT2D eigenvalue weighted by Crippen LogP contribution is 2.24. The van der Waals surface area contributed by atoms with Crippen LogP contribution in [-0.2, 0) is 4.79 Å². The number of carbonyl (C=O) groups is 1. The van der Waals surface area contributed by atoms with E-state index in [1.807, 2.05) is 32.7 Å². The summed E-state index contributed by atoms with van der Waals surface area (Å²) in [6.07, 6.45) is 2.34. The molecule has 17 heavy (non-hydrogen) atoms. The largest absolute Gasteiger partial charge is 0.370 e. The Bertz CT molecular complexity index is 294. The molecule has 0 aromatic rings. The normalized spacial score (nSPS) is 16.1. The Hall–Kier alpha value is -0.530. The van der Waals surface area contributed by atoms with Gasteiger partial charge in [-0.1, -0.05) is 0 Å². The molecule has 1 fully saturated rings. The molecule has 0 heterocycles. The number of halogens is 1. The lowest BCUT2D eigenvalue weighted by Gasteiger charge is -2.20. The molecule has 0 atom stereocenters. The lowest BCUT2D eigenvalue weighted by atomic mass is 10.1. The first-order valence-corrected chi connectivity index (χ1v) is 5.63. The van der Waals surface area contributed by atoms with Gasteiger partial charge >= 0.3 is 0 Å². The highest BCUT2D eigenvalue weighted by atomic mass is 127. The third kappa shape index (κ3) is 6.70. The van der Waals surface area contributed by atoms with Crippen molar-refractivity contribution in [3.8, 4) is 0 Å². The number of carbonyl (C=O) groups excluding carboxylic acids is 1. The van der Waals surface area contributed by atoms with Gasteiger partial charge in [-0.25, -0.2) is 4.99 Å². The summed E-state index contributed by atoms with van der Waals surface area (Å²) in [4.78, 5) is 17.5. The highest BCUT2D eigenvalue weighted by Gasteiger charge is 2.27. The average Bonchev–Trinajstić information content (AvgIpc) is 2.93. The van der Waals surface area contributed by atoms with Gasteiger partial charge in [-0.3, -0.25) is 4.79 Å². The predicted octanol–water partition coefficient (Wildman–Crippen LogP) is 0.928. The van der Waals surface area contributed by atoms with Crippen LogP contribution in [0.2, 0.25) is 0 Å². The maximum Gasteiger partial charge on any atom is 0.242 e. The molecule has 0 radical (unpaired) electrons. The molecule has 1 saturated carbocycles. The second kappa shape index (κ2) is 6.42. The van der Waals surface area contributed by atoms with Crippen molar-refractivity contribution in [2.45, 2.75) is 45.2 Å². The maximum absolute atomic E-state index is 11.5. The molecule has 0 saturated heterocycles. The van der Waals surface area contributed by atoms with Crippen LogP contribution in [0.4, 0.5) is 0 Å². The Labute approximate surface area is 120 Å². The van der Waals surface area contributed by atoms with Crippen LogP contribution in [0.15, 0.2) is 4.99 Å². The second-order valence-electron chi connectivity index (χ2n) is 5.31. The van der Waals surface area contributed by atoms with Gasteiger partial charge in [0.2, 0.25) is 5.91 Å². The van der Waals surface area contributed by atoms with Crippen molar-refractivity contribution in [3.63, 3.8) is 0 Å². The van der Waals surface area contributed by atoms with E-state index in [1.54, 1.807) is 0 Å². The van der Waals surface area contributed by atoms with Gasteiger partial charge in [0.1, 0.15) is 6.54 Å². The van der Waals surface area contributed by atoms with Crippen molar-refractivity contribution in [1.82, 2.24) is 10.2 Å². The second-order valence-corrected chi connectivity index (χ2v) is 5.31. The fraction of sp³-hybridized carbons (Fsp3) is 0.818. The summed E-state index contributed by atoms with van der Waals surface area (Å²) in [6, 6.07) is 0.523. The van der Waals surface area contributed by atoms with E-state index in [0.29, 0.717) is 12.0 Å². The average molecular weight is 354 g/mol. The van der Waals surface area contributed by atoms with Crippen molar-refractivity contribution < 1.29 is 4.79 Å². The highest BCUT2D eigenvalue weighted by molar-refractivity contribution is 14.0. The van der Waals surface area contributed by atoms with E-state index in [1.165, 1.54) is 12.8 Å². The van der Waals surface area contributed by atoms with Gasteiger partial charge in [0.15, 0.2) is 5.96 Å². The third-order valence-electron chi connectivity index (χ3n) is 2.36. The molecule has 5 nitrogen and oxygen atoms in total. The summed E-state index contributed by atoms with van der Waals surface area (Å²) in [7, 11) is 1.91. The van der Waals surface area contributed by atoms with Gasteiger partial charge < -0.3 is 16.0 Å². The molecular formula is C11H23IN4O. The summed E-state index contributed by atoms with van der Waals surface area (Å²) < 4.78 is 0. The van der Waals surface area contributed by atoms with E-state index in [4.69, 9.17) is 5.73 Å². The smallest absolute Gasteiger partial charge is 0.242 e. The first-order valence-electron chi connectivity index (χ1n) is 5.63. The standard InChI is InChI=1S/C11H22N4O.HI/c1-11(2,3)14-9(16)7-13-10(12)15(4)8-5-6-8;/h8H,5-7H2,1-4H3,(H2,12,13)(H,14,16);1H. The maximum atomic E-state index is 11.5.